The molecule has 0 aromatic heterocycles. The second-order valence-corrected chi connectivity index (χ2v) is 7.17. The number of ether oxygens (including phenoxy) is 3. The molecule has 1 amide bonds. The van der Waals surface area contributed by atoms with Crippen LogP contribution in [0.2, 0.25) is 0 Å². The summed E-state index contributed by atoms with van der Waals surface area (Å²) in [6.45, 7) is 0.303. The Morgan fingerprint density at radius 2 is 1.72 bits per heavy atom. The van der Waals surface area contributed by atoms with Gasteiger partial charge in [-0.05, 0) is 34.4 Å². The third-order valence-corrected chi connectivity index (χ3v) is 5.17. The van der Waals surface area contributed by atoms with Gasteiger partial charge in [0.25, 0.3) is 0 Å². The van der Waals surface area contributed by atoms with Crippen LogP contribution in [0.3, 0.4) is 0 Å². The smallest absolute Gasteiger partial charge is 0.407 e. The quantitative estimate of drug-likeness (QED) is 0.454. The molecule has 0 atom stereocenters. The Morgan fingerprint density at radius 1 is 1.03 bits per heavy atom. The molecular weight excluding hydrogens is 409 g/mol. The largest absolute Gasteiger partial charge is 0.467 e. The van der Waals surface area contributed by atoms with E-state index in [9.17, 15) is 9.18 Å². The van der Waals surface area contributed by atoms with E-state index < -0.39 is 11.9 Å². The lowest BCUT2D eigenvalue weighted by atomic mass is 9.98. The molecule has 1 N–H and O–H groups in total. The van der Waals surface area contributed by atoms with Gasteiger partial charge >= 0.3 is 6.09 Å². The van der Waals surface area contributed by atoms with E-state index in [4.69, 9.17) is 14.2 Å². The molecule has 0 fully saturated rings. The molecule has 0 radical (unpaired) electrons. The van der Waals surface area contributed by atoms with Gasteiger partial charge in [0.15, 0.2) is 6.79 Å². The van der Waals surface area contributed by atoms with E-state index in [0.29, 0.717) is 5.75 Å². The number of methoxy groups -OCH3 is 1. The fourth-order valence-electron chi connectivity index (χ4n) is 3.72. The Balaban J connectivity index is 1.31. The number of hydrogen-bond acceptors (Lipinski definition) is 4. The van der Waals surface area contributed by atoms with Crippen molar-refractivity contribution in [1.29, 1.82) is 0 Å². The van der Waals surface area contributed by atoms with Gasteiger partial charge in [-0.25, -0.2) is 9.18 Å². The average Bonchev–Trinajstić information content (AvgIpc) is 3.14. The third kappa shape index (κ3) is 4.74. The van der Waals surface area contributed by atoms with Crippen LogP contribution in [0, 0.1) is 17.7 Å². The Labute approximate surface area is 186 Å². The summed E-state index contributed by atoms with van der Waals surface area (Å²) < 4.78 is 29.5. The number of carbonyl (C=O) groups is 1. The molecule has 0 spiro atoms. The minimum absolute atomic E-state index is 0.00725. The van der Waals surface area contributed by atoms with Gasteiger partial charge in [-0.3, -0.25) is 0 Å². The number of nitrogens with one attached hydrogen (secondary N) is 1. The molecule has 0 bridgehead atoms. The topological polar surface area (TPSA) is 56.8 Å². The van der Waals surface area contributed by atoms with E-state index in [0.717, 1.165) is 11.1 Å². The number of fused-ring (bicyclic) bond motifs is 3. The summed E-state index contributed by atoms with van der Waals surface area (Å²) in [5, 5.41) is 2.59. The van der Waals surface area contributed by atoms with E-state index in [1.807, 2.05) is 24.3 Å². The summed E-state index contributed by atoms with van der Waals surface area (Å²) in [4.78, 5) is 12.1. The van der Waals surface area contributed by atoms with Gasteiger partial charge in [-0.2, -0.15) is 0 Å². The summed E-state index contributed by atoms with van der Waals surface area (Å²) in [7, 11) is 1.49. The van der Waals surface area contributed by atoms with Crippen molar-refractivity contribution in [3.05, 3.63) is 89.2 Å². The SMILES string of the molecule is COCOc1ccc(C#CCNC(=O)OCC2c3ccccc3-c3ccccc32)c(F)c1. The fraction of sp³-hybridized carbons (Fsp3) is 0.192. The standard InChI is InChI=1S/C26H22FNO4/c1-30-17-32-19-13-12-18(25(27)15-19)7-6-14-28-26(29)31-16-24-22-10-4-2-8-20(22)21-9-3-5-11-23(21)24/h2-5,8-13,15,24H,14,16-17H2,1H3,(H,28,29). The number of hydrogen-bond donors (Lipinski definition) is 1. The van der Waals surface area contributed by atoms with E-state index in [2.05, 4.69) is 41.4 Å². The lowest BCUT2D eigenvalue weighted by Crippen LogP contribution is -2.26. The summed E-state index contributed by atoms with van der Waals surface area (Å²) in [6.07, 6.45) is -0.565. The van der Waals surface area contributed by atoms with Gasteiger partial charge in [0.1, 0.15) is 18.2 Å². The van der Waals surface area contributed by atoms with Gasteiger partial charge in [0.2, 0.25) is 0 Å². The Hall–Kier alpha value is -3.82. The first-order valence-corrected chi connectivity index (χ1v) is 10.2. The molecule has 0 unspecified atom stereocenters. The molecule has 0 saturated heterocycles. The first kappa shape index (κ1) is 21.4. The molecule has 3 aromatic carbocycles. The normalized spacial score (nSPS) is 11.7. The van der Waals surface area contributed by atoms with Crippen molar-refractivity contribution in [2.24, 2.45) is 0 Å². The number of halogens is 1. The maximum atomic E-state index is 14.1. The van der Waals surface area contributed by atoms with Gasteiger partial charge in [0, 0.05) is 19.1 Å². The molecule has 32 heavy (non-hydrogen) atoms. The van der Waals surface area contributed by atoms with Crippen LogP contribution in [0.25, 0.3) is 11.1 Å². The number of carbonyl (C=O) groups excluding carboxylic acids is 1. The number of rotatable bonds is 6. The number of amides is 1. The summed E-state index contributed by atoms with van der Waals surface area (Å²) in [5.74, 6) is 5.26. The van der Waals surface area contributed by atoms with Crippen molar-refractivity contribution < 1.29 is 23.4 Å². The van der Waals surface area contributed by atoms with Crippen molar-refractivity contribution in [3.63, 3.8) is 0 Å². The Bertz CT molecular complexity index is 1140. The highest BCUT2D eigenvalue weighted by Crippen LogP contribution is 2.44. The van der Waals surface area contributed by atoms with Crippen LogP contribution in [0.1, 0.15) is 22.6 Å². The van der Waals surface area contributed by atoms with Gasteiger partial charge < -0.3 is 19.5 Å². The highest BCUT2D eigenvalue weighted by Gasteiger charge is 2.28. The van der Waals surface area contributed by atoms with E-state index >= 15 is 0 Å². The zero-order chi connectivity index (χ0) is 22.3. The second kappa shape index (κ2) is 9.99. The van der Waals surface area contributed by atoms with Crippen molar-refractivity contribution in [2.75, 3.05) is 27.1 Å². The van der Waals surface area contributed by atoms with Crippen LogP contribution in [0.4, 0.5) is 9.18 Å². The first-order valence-electron chi connectivity index (χ1n) is 10.2. The maximum Gasteiger partial charge on any atom is 0.407 e. The second-order valence-electron chi connectivity index (χ2n) is 7.17. The molecule has 0 saturated carbocycles. The molecule has 5 nitrogen and oxygen atoms in total. The number of alkyl carbamates (subject to hydrolysis) is 1. The van der Waals surface area contributed by atoms with Crippen LogP contribution in [-0.2, 0) is 9.47 Å². The summed E-state index contributed by atoms with van der Waals surface area (Å²) >= 11 is 0. The highest BCUT2D eigenvalue weighted by molar-refractivity contribution is 5.79. The van der Waals surface area contributed by atoms with Gasteiger partial charge in [0.05, 0.1) is 12.1 Å². The van der Waals surface area contributed by atoms with Crippen molar-refractivity contribution in [3.8, 4) is 28.7 Å². The van der Waals surface area contributed by atoms with Crippen molar-refractivity contribution >= 4 is 6.09 Å². The maximum absolute atomic E-state index is 14.1. The molecule has 3 aromatic rings. The lowest BCUT2D eigenvalue weighted by molar-refractivity contribution is 0.0509. The number of benzene rings is 3. The van der Waals surface area contributed by atoms with Crippen LogP contribution >= 0.6 is 0 Å². The Morgan fingerprint density at radius 3 is 2.38 bits per heavy atom. The molecule has 162 valence electrons. The highest BCUT2D eigenvalue weighted by atomic mass is 19.1. The summed E-state index contributed by atoms with van der Waals surface area (Å²) in [6, 6.07) is 20.6. The molecule has 1 aliphatic rings. The summed E-state index contributed by atoms with van der Waals surface area (Å²) in [5.41, 5.74) is 4.85. The molecule has 4 rings (SSSR count). The third-order valence-electron chi connectivity index (χ3n) is 5.17. The van der Waals surface area contributed by atoms with Crippen LogP contribution in [0.5, 0.6) is 5.75 Å². The van der Waals surface area contributed by atoms with Gasteiger partial charge in [-0.1, -0.05) is 60.4 Å². The van der Waals surface area contributed by atoms with Crippen LogP contribution < -0.4 is 10.1 Å². The minimum Gasteiger partial charge on any atom is -0.467 e. The van der Waals surface area contributed by atoms with Crippen molar-refractivity contribution in [1.82, 2.24) is 5.32 Å². The molecule has 1 aliphatic carbocycles. The van der Waals surface area contributed by atoms with E-state index in [1.165, 1.54) is 30.4 Å². The van der Waals surface area contributed by atoms with Crippen LogP contribution in [-0.4, -0.2) is 33.1 Å². The van der Waals surface area contributed by atoms with Gasteiger partial charge in [-0.15, -0.1) is 0 Å². The Kier molecular flexibility index (Phi) is 6.69. The monoisotopic (exact) mass is 431 g/mol. The average molecular weight is 431 g/mol. The molecular formula is C26H22FNO4. The van der Waals surface area contributed by atoms with E-state index in [-0.39, 0.29) is 31.4 Å². The zero-order valence-electron chi connectivity index (χ0n) is 17.6. The fourth-order valence-corrected chi connectivity index (χ4v) is 3.72. The van der Waals surface area contributed by atoms with E-state index in [1.54, 1.807) is 6.07 Å². The lowest BCUT2D eigenvalue weighted by Gasteiger charge is -2.14. The van der Waals surface area contributed by atoms with Crippen LogP contribution in [0.15, 0.2) is 66.7 Å². The predicted molar refractivity (Wildman–Crippen MR) is 119 cm³/mol. The molecule has 6 heteroatoms. The minimum atomic E-state index is -0.565. The van der Waals surface area contributed by atoms with Crippen molar-refractivity contribution in [2.45, 2.75) is 5.92 Å². The molecule has 0 aliphatic heterocycles. The zero-order valence-corrected chi connectivity index (χ0v) is 17.6. The first-order chi connectivity index (χ1) is 15.7. The predicted octanol–water partition coefficient (Wildman–Crippen LogP) is 4.70. The molecule has 0 heterocycles.